The zero-order chi connectivity index (χ0) is 10.7. The van der Waals surface area contributed by atoms with E-state index in [9.17, 15) is 4.39 Å². The van der Waals surface area contributed by atoms with Gasteiger partial charge in [-0.25, -0.2) is 9.97 Å². The smallest absolute Gasteiger partial charge is 0.217 e. The van der Waals surface area contributed by atoms with Crippen LogP contribution in [0.5, 0.6) is 0 Å². The molecule has 2 rings (SSSR count). The predicted molar refractivity (Wildman–Crippen MR) is 56.1 cm³/mol. The number of hydrogen-bond acceptors (Lipinski definition) is 4. The lowest BCUT2D eigenvalue weighted by molar-refractivity contribution is 0.162. The first-order valence-corrected chi connectivity index (χ1v) is 5.24. The van der Waals surface area contributed by atoms with Crippen molar-refractivity contribution in [2.45, 2.75) is 19.4 Å². The molecule has 5 heteroatoms. The summed E-state index contributed by atoms with van der Waals surface area (Å²) in [5.41, 5.74) is 0. The summed E-state index contributed by atoms with van der Waals surface area (Å²) in [6.45, 7) is 5.33. The second-order valence-corrected chi connectivity index (χ2v) is 3.83. The van der Waals surface area contributed by atoms with Gasteiger partial charge in [0.25, 0.3) is 0 Å². The van der Waals surface area contributed by atoms with Gasteiger partial charge in [0.1, 0.15) is 12.1 Å². The summed E-state index contributed by atoms with van der Waals surface area (Å²) < 4.78 is 12.7. The van der Waals surface area contributed by atoms with E-state index >= 15 is 0 Å². The van der Waals surface area contributed by atoms with Crippen LogP contribution < -0.4 is 5.32 Å². The third-order valence-electron chi connectivity index (χ3n) is 2.48. The monoisotopic (exact) mass is 210 g/mol. The molecule has 1 aromatic rings. The highest BCUT2D eigenvalue weighted by molar-refractivity contribution is 5.34. The zero-order valence-corrected chi connectivity index (χ0v) is 8.78. The van der Waals surface area contributed by atoms with Crippen molar-refractivity contribution in [1.29, 1.82) is 0 Å². The van der Waals surface area contributed by atoms with Crippen LogP contribution in [0, 0.1) is 5.95 Å². The number of likely N-dealkylation sites (tertiary alicyclic amines) is 1. The van der Waals surface area contributed by atoms with Crippen LogP contribution in [-0.2, 0) is 0 Å². The molecule has 0 atom stereocenters. The van der Waals surface area contributed by atoms with E-state index in [1.165, 1.54) is 18.8 Å². The highest BCUT2D eigenvalue weighted by Gasteiger charge is 2.25. The molecule has 1 aromatic heterocycles. The first-order chi connectivity index (χ1) is 7.28. The van der Waals surface area contributed by atoms with Crippen LogP contribution in [-0.4, -0.2) is 40.5 Å². The molecule has 0 amide bonds. The molecule has 82 valence electrons. The van der Waals surface area contributed by atoms with Gasteiger partial charge in [0.05, 0.1) is 6.04 Å². The van der Waals surface area contributed by atoms with Crippen LogP contribution in [0.1, 0.15) is 13.3 Å². The molecule has 0 radical (unpaired) electrons. The average Bonchev–Trinajstić information content (AvgIpc) is 2.15. The predicted octanol–water partition coefficient (Wildman–Crippen LogP) is 1.12. The second kappa shape index (κ2) is 4.53. The van der Waals surface area contributed by atoms with E-state index in [2.05, 4.69) is 27.1 Å². The topological polar surface area (TPSA) is 41.0 Å². The first-order valence-electron chi connectivity index (χ1n) is 5.24. The van der Waals surface area contributed by atoms with Crippen molar-refractivity contribution in [3.8, 4) is 0 Å². The van der Waals surface area contributed by atoms with Crippen LogP contribution >= 0.6 is 0 Å². The molecule has 1 aliphatic heterocycles. The summed E-state index contributed by atoms with van der Waals surface area (Å²) in [6.07, 6.45) is 2.41. The van der Waals surface area contributed by atoms with Crippen LogP contribution in [0.2, 0.25) is 0 Å². The quantitative estimate of drug-likeness (QED) is 0.756. The molecule has 0 aromatic carbocycles. The maximum atomic E-state index is 12.7. The van der Waals surface area contributed by atoms with Gasteiger partial charge in [-0.2, -0.15) is 4.39 Å². The standard InChI is InChI=1S/C10H15FN4/c1-2-3-15-5-8(6-15)14-10-4-9(11)12-7-13-10/h4,7-8H,2-3,5-6H2,1H3,(H,12,13,14). The molecule has 1 N–H and O–H groups in total. The van der Waals surface area contributed by atoms with E-state index in [0.29, 0.717) is 11.9 Å². The molecule has 15 heavy (non-hydrogen) atoms. The van der Waals surface area contributed by atoms with Gasteiger partial charge < -0.3 is 5.32 Å². The Morgan fingerprint density at radius 2 is 2.33 bits per heavy atom. The third-order valence-corrected chi connectivity index (χ3v) is 2.48. The van der Waals surface area contributed by atoms with Crippen LogP contribution in [0.15, 0.2) is 12.4 Å². The van der Waals surface area contributed by atoms with Crippen molar-refractivity contribution in [3.05, 3.63) is 18.3 Å². The zero-order valence-electron chi connectivity index (χ0n) is 8.78. The lowest BCUT2D eigenvalue weighted by atomic mass is 10.1. The minimum Gasteiger partial charge on any atom is -0.365 e. The molecule has 1 fully saturated rings. The van der Waals surface area contributed by atoms with Crippen LogP contribution in [0.4, 0.5) is 10.2 Å². The van der Waals surface area contributed by atoms with Crippen LogP contribution in [0.25, 0.3) is 0 Å². The lowest BCUT2D eigenvalue weighted by Crippen LogP contribution is -2.54. The summed E-state index contributed by atoms with van der Waals surface area (Å²) in [6, 6.07) is 1.72. The number of halogens is 1. The number of rotatable bonds is 4. The van der Waals surface area contributed by atoms with E-state index in [1.54, 1.807) is 0 Å². The molecular formula is C10H15FN4. The van der Waals surface area contributed by atoms with Gasteiger partial charge >= 0.3 is 0 Å². The molecule has 0 saturated carbocycles. The van der Waals surface area contributed by atoms with Gasteiger partial charge in [-0.15, -0.1) is 0 Å². The van der Waals surface area contributed by atoms with Gasteiger partial charge in [-0.05, 0) is 13.0 Å². The Bertz CT molecular complexity index is 325. The van der Waals surface area contributed by atoms with Crippen molar-refractivity contribution in [2.75, 3.05) is 25.0 Å². The molecule has 1 saturated heterocycles. The maximum Gasteiger partial charge on any atom is 0.217 e. The SMILES string of the molecule is CCCN1CC(Nc2cc(F)ncn2)C1. The first kappa shape index (κ1) is 10.3. The van der Waals surface area contributed by atoms with Crippen molar-refractivity contribution in [3.63, 3.8) is 0 Å². The van der Waals surface area contributed by atoms with Gasteiger partial charge in [0, 0.05) is 19.2 Å². The number of nitrogens with zero attached hydrogens (tertiary/aromatic N) is 3. The summed E-state index contributed by atoms with van der Waals surface area (Å²) >= 11 is 0. The fourth-order valence-electron chi connectivity index (χ4n) is 1.78. The second-order valence-electron chi connectivity index (χ2n) is 3.83. The van der Waals surface area contributed by atoms with E-state index < -0.39 is 5.95 Å². The molecule has 2 heterocycles. The molecule has 0 spiro atoms. The highest BCUT2D eigenvalue weighted by Crippen LogP contribution is 2.13. The average molecular weight is 210 g/mol. The van der Waals surface area contributed by atoms with E-state index in [0.717, 1.165) is 19.6 Å². The molecule has 1 aliphatic rings. The van der Waals surface area contributed by atoms with Crippen molar-refractivity contribution in [1.82, 2.24) is 14.9 Å². The fraction of sp³-hybridized carbons (Fsp3) is 0.600. The summed E-state index contributed by atoms with van der Waals surface area (Å²) in [4.78, 5) is 9.72. The molecule has 0 bridgehead atoms. The maximum absolute atomic E-state index is 12.7. The minimum absolute atomic E-state index is 0.394. The summed E-state index contributed by atoms with van der Waals surface area (Å²) in [5.74, 6) is 0.0842. The molecule has 0 aliphatic carbocycles. The number of hydrogen-bond donors (Lipinski definition) is 1. The Morgan fingerprint density at radius 3 is 3.00 bits per heavy atom. The van der Waals surface area contributed by atoms with Crippen molar-refractivity contribution in [2.24, 2.45) is 0 Å². The summed E-state index contributed by atoms with van der Waals surface area (Å²) in [5, 5.41) is 3.17. The van der Waals surface area contributed by atoms with E-state index in [4.69, 9.17) is 0 Å². The number of aromatic nitrogens is 2. The van der Waals surface area contributed by atoms with Gasteiger partial charge in [-0.1, -0.05) is 6.92 Å². The van der Waals surface area contributed by atoms with Gasteiger partial charge in [0.2, 0.25) is 5.95 Å². The normalized spacial score (nSPS) is 17.5. The highest BCUT2D eigenvalue weighted by atomic mass is 19.1. The van der Waals surface area contributed by atoms with E-state index in [-0.39, 0.29) is 0 Å². The Labute approximate surface area is 88.5 Å². The lowest BCUT2D eigenvalue weighted by Gasteiger charge is -2.39. The number of nitrogens with one attached hydrogen (secondary N) is 1. The molecule has 0 unspecified atom stereocenters. The van der Waals surface area contributed by atoms with Crippen molar-refractivity contribution >= 4 is 5.82 Å². The Hall–Kier alpha value is -1.23. The van der Waals surface area contributed by atoms with Gasteiger partial charge in [0.15, 0.2) is 0 Å². The Morgan fingerprint density at radius 1 is 1.53 bits per heavy atom. The number of anilines is 1. The Balaban J connectivity index is 1.80. The fourth-order valence-corrected chi connectivity index (χ4v) is 1.78. The van der Waals surface area contributed by atoms with Crippen LogP contribution in [0.3, 0.4) is 0 Å². The van der Waals surface area contributed by atoms with Gasteiger partial charge in [-0.3, -0.25) is 4.90 Å². The Kier molecular flexibility index (Phi) is 3.11. The molecular weight excluding hydrogens is 195 g/mol. The largest absolute Gasteiger partial charge is 0.365 e. The van der Waals surface area contributed by atoms with Crippen molar-refractivity contribution < 1.29 is 4.39 Å². The molecule has 4 nitrogen and oxygen atoms in total. The minimum atomic E-state index is -0.489. The summed E-state index contributed by atoms with van der Waals surface area (Å²) in [7, 11) is 0. The third kappa shape index (κ3) is 2.62. The van der Waals surface area contributed by atoms with E-state index in [1.807, 2.05) is 0 Å².